The highest BCUT2D eigenvalue weighted by Crippen LogP contribution is 2.09. The molecule has 2 N–H and O–H groups in total. The normalized spacial score (nSPS) is 16.1. The maximum Gasteiger partial charge on any atom is 0.228 e. The highest BCUT2D eigenvalue weighted by molar-refractivity contribution is 6.28. The summed E-state index contributed by atoms with van der Waals surface area (Å²) in [6.07, 6.45) is 2.61. The summed E-state index contributed by atoms with van der Waals surface area (Å²) in [5, 5.41) is 6.20. The molecule has 0 atom stereocenters. The lowest BCUT2D eigenvalue weighted by molar-refractivity contribution is 0.352. The smallest absolute Gasteiger partial charge is 0.228 e. The number of rotatable bonds is 5. The molecule has 0 amide bonds. The van der Waals surface area contributed by atoms with Crippen molar-refractivity contribution in [1.82, 2.24) is 19.9 Å². The Balaban J connectivity index is 1.83. The second-order valence-electron chi connectivity index (χ2n) is 3.98. The van der Waals surface area contributed by atoms with Crippen molar-refractivity contribution in [1.29, 1.82) is 0 Å². The van der Waals surface area contributed by atoms with Gasteiger partial charge in [0.1, 0.15) is 0 Å². The molecule has 1 aromatic heterocycles. The SMILES string of the molecule is CNc1nc(Cl)nc(NCCN2CCCC2)n1. The Bertz CT molecular complexity index is 366. The monoisotopic (exact) mass is 256 g/mol. The van der Waals surface area contributed by atoms with Crippen LogP contribution >= 0.6 is 11.6 Å². The molecule has 0 spiro atoms. The van der Waals surface area contributed by atoms with E-state index in [1.165, 1.54) is 25.9 Å². The average Bonchev–Trinajstić information content (AvgIpc) is 2.81. The zero-order chi connectivity index (χ0) is 12.1. The van der Waals surface area contributed by atoms with E-state index in [1.54, 1.807) is 7.05 Å². The minimum Gasteiger partial charge on any atom is -0.357 e. The third-order valence-electron chi connectivity index (χ3n) is 2.74. The van der Waals surface area contributed by atoms with Gasteiger partial charge in [-0.25, -0.2) is 0 Å². The Morgan fingerprint density at radius 1 is 1.18 bits per heavy atom. The molecule has 0 aromatic carbocycles. The van der Waals surface area contributed by atoms with E-state index in [1.807, 2.05) is 0 Å². The number of hydrogen-bond donors (Lipinski definition) is 2. The van der Waals surface area contributed by atoms with Crippen LogP contribution in [0.2, 0.25) is 5.28 Å². The number of nitrogens with zero attached hydrogens (tertiary/aromatic N) is 4. The molecule has 1 aliphatic rings. The van der Waals surface area contributed by atoms with Crippen molar-refractivity contribution in [2.75, 3.05) is 43.9 Å². The molecule has 94 valence electrons. The zero-order valence-corrected chi connectivity index (χ0v) is 10.7. The number of halogens is 1. The van der Waals surface area contributed by atoms with Gasteiger partial charge < -0.3 is 15.5 Å². The second-order valence-corrected chi connectivity index (χ2v) is 4.32. The number of nitrogens with one attached hydrogen (secondary N) is 2. The minimum absolute atomic E-state index is 0.202. The highest BCUT2D eigenvalue weighted by Gasteiger charge is 2.10. The second kappa shape index (κ2) is 5.97. The van der Waals surface area contributed by atoms with Gasteiger partial charge in [-0.2, -0.15) is 15.0 Å². The Hall–Kier alpha value is -1.14. The van der Waals surface area contributed by atoms with Gasteiger partial charge in [-0.15, -0.1) is 0 Å². The first kappa shape index (κ1) is 12.3. The predicted molar refractivity (Wildman–Crippen MR) is 68.5 cm³/mol. The van der Waals surface area contributed by atoms with Crippen LogP contribution in [0.15, 0.2) is 0 Å². The molecule has 1 fully saturated rings. The molecule has 6 nitrogen and oxygen atoms in total. The molecular formula is C10H17ClN6. The first-order chi connectivity index (χ1) is 8.28. The molecule has 0 saturated carbocycles. The van der Waals surface area contributed by atoms with Gasteiger partial charge in [0.2, 0.25) is 17.2 Å². The van der Waals surface area contributed by atoms with Crippen LogP contribution in [0.3, 0.4) is 0 Å². The van der Waals surface area contributed by atoms with Crippen LogP contribution in [0.4, 0.5) is 11.9 Å². The third kappa shape index (κ3) is 3.67. The van der Waals surface area contributed by atoms with Crippen molar-refractivity contribution in [3.63, 3.8) is 0 Å². The molecule has 0 aliphatic carbocycles. The van der Waals surface area contributed by atoms with Crippen LogP contribution in [-0.2, 0) is 0 Å². The lowest BCUT2D eigenvalue weighted by atomic mass is 10.4. The summed E-state index contributed by atoms with van der Waals surface area (Å²) in [7, 11) is 1.75. The molecule has 2 heterocycles. The topological polar surface area (TPSA) is 66.0 Å². The first-order valence-electron chi connectivity index (χ1n) is 5.83. The molecule has 7 heteroatoms. The quantitative estimate of drug-likeness (QED) is 0.822. The predicted octanol–water partition coefficient (Wildman–Crippen LogP) is 1.07. The average molecular weight is 257 g/mol. The molecule has 0 radical (unpaired) electrons. The maximum absolute atomic E-state index is 5.78. The fraction of sp³-hybridized carbons (Fsp3) is 0.700. The fourth-order valence-electron chi connectivity index (χ4n) is 1.87. The van der Waals surface area contributed by atoms with Crippen molar-refractivity contribution in [3.05, 3.63) is 5.28 Å². The van der Waals surface area contributed by atoms with Crippen LogP contribution in [0.25, 0.3) is 0 Å². The Morgan fingerprint density at radius 3 is 2.59 bits per heavy atom. The van der Waals surface area contributed by atoms with Gasteiger partial charge in [0.05, 0.1) is 0 Å². The van der Waals surface area contributed by atoms with Crippen molar-refractivity contribution in [3.8, 4) is 0 Å². The van der Waals surface area contributed by atoms with E-state index in [2.05, 4.69) is 30.5 Å². The van der Waals surface area contributed by atoms with Gasteiger partial charge in [-0.1, -0.05) is 0 Å². The number of likely N-dealkylation sites (tertiary alicyclic amines) is 1. The van der Waals surface area contributed by atoms with Crippen molar-refractivity contribution in [2.24, 2.45) is 0 Å². The standard InChI is InChI=1S/C10H17ClN6/c1-12-9-14-8(11)15-10(16-9)13-4-7-17-5-2-3-6-17/h2-7H2,1H3,(H2,12,13,14,15,16). The molecule has 0 bridgehead atoms. The maximum atomic E-state index is 5.78. The third-order valence-corrected chi connectivity index (χ3v) is 2.91. The summed E-state index contributed by atoms with van der Waals surface area (Å²) in [5.41, 5.74) is 0. The fourth-order valence-corrected chi connectivity index (χ4v) is 2.03. The van der Waals surface area contributed by atoms with Gasteiger partial charge in [-0.3, -0.25) is 0 Å². The van der Waals surface area contributed by atoms with Gasteiger partial charge in [0, 0.05) is 20.1 Å². The van der Waals surface area contributed by atoms with Gasteiger partial charge in [0.25, 0.3) is 0 Å². The number of aromatic nitrogens is 3. The highest BCUT2D eigenvalue weighted by atomic mass is 35.5. The zero-order valence-electron chi connectivity index (χ0n) is 9.91. The van der Waals surface area contributed by atoms with E-state index in [0.29, 0.717) is 11.9 Å². The van der Waals surface area contributed by atoms with Crippen LogP contribution in [-0.4, -0.2) is 53.1 Å². The molecule has 0 unspecified atom stereocenters. The van der Waals surface area contributed by atoms with Crippen molar-refractivity contribution >= 4 is 23.5 Å². The Kier molecular flexibility index (Phi) is 4.33. The van der Waals surface area contributed by atoms with Gasteiger partial charge in [-0.05, 0) is 37.5 Å². The molecular weight excluding hydrogens is 240 g/mol. The van der Waals surface area contributed by atoms with Crippen LogP contribution in [0.1, 0.15) is 12.8 Å². The molecule has 17 heavy (non-hydrogen) atoms. The molecule has 1 saturated heterocycles. The minimum atomic E-state index is 0.202. The van der Waals surface area contributed by atoms with Crippen LogP contribution < -0.4 is 10.6 Å². The lowest BCUT2D eigenvalue weighted by Crippen LogP contribution is -2.26. The van der Waals surface area contributed by atoms with E-state index < -0.39 is 0 Å². The van der Waals surface area contributed by atoms with E-state index in [4.69, 9.17) is 11.6 Å². The summed E-state index contributed by atoms with van der Waals surface area (Å²) in [6, 6.07) is 0. The molecule has 2 rings (SSSR count). The van der Waals surface area contributed by atoms with E-state index >= 15 is 0 Å². The molecule has 1 aromatic rings. The van der Waals surface area contributed by atoms with Gasteiger partial charge >= 0.3 is 0 Å². The summed E-state index contributed by atoms with van der Waals surface area (Å²) < 4.78 is 0. The van der Waals surface area contributed by atoms with E-state index in [-0.39, 0.29) is 5.28 Å². The first-order valence-corrected chi connectivity index (χ1v) is 6.21. The van der Waals surface area contributed by atoms with Crippen LogP contribution in [0, 0.1) is 0 Å². The lowest BCUT2D eigenvalue weighted by Gasteiger charge is -2.14. The summed E-state index contributed by atoms with van der Waals surface area (Å²) in [5.74, 6) is 1.00. The van der Waals surface area contributed by atoms with Crippen LogP contribution in [0.5, 0.6) is 0 Å². The summed E-state index contributed by atoms with van der Waals surface area (Å²) in [6.45, 7) is 4.23. The van der Waals surface area contributed by atoms with E-state index in [0.717, 1.165) is 13.1 Å². The molecule has 1 aliphatic heterocycles. The number of anilines is 2. The Morgan fingerprint density at radius 2 is 1.88 bits per heavy atom. The van der Waals surface area contributed by atoms with Crippen molar-refractivity contribution in [2.45, 2.75) is 12.8 Å². The summed E-state index contributed by atoms with van der Waals surface area (Å²) in [4.78, 5) is 14.5. The van der Waals surface area contributed by atoms with Crippen molar-refractivity contribution < 1.29 is 0 Å². The van der Waals surface area contributed by atoms with E-state index in [9.17, 15) is 0 Å². The Labute approximate surface area is 106 Å². The number of hydrogen-bond acceptors (Lipinski definition) is 6. The largest absolute Gasteiger partial charge is 0.357 e. The summed E-state index contributed by atoms with van der Waals surface area (Å²) >= 11 is 5.78. The van der Waals surface area contributed by atoms with Gasteiger partial charge in [0.15, 0.2) is 0 Å².